The Bertz CT molecular complexity index is 1070. The largest absolute Gasteiger partial charge is 0.480 e. The number of aromatic nitrogens is 4. The smallest absolute Gasteiger partial charge is 0.328 e. The lowest BCUT2D eigenvalue weighted by Crippen LogP contribution is -2.36. The molecule has 4 rings (SSSR count). The minimum atomic E-state index is -0.315. The fourth-order valence-electron chi connectivity index (χ4n) is 3.38. The van der Waals surface area contributed by atoms with Crippen molar-refractivity contribution in [1.82, 2.24) is 19.9 Å². The van der Waals surface area contributed by atoms with Crippen LogP contribution in [0.3, 0.4) is 0 Å². The van der Waals surface area contributed by atoms with Crippen molar-refractivity contribution in [3.63, 3.8) is 0 Å². The van der Waals surface area contributed by atoms with Crippen molar-refractivity contribution in [2.45, 2.75) is 13.3 Å². The molecule has 1 aliphatic heterocycles. The zero-order valence-electron chi connectivity index (χ0n) is 17.2. The van der Waals surface area contributed by atoms with Gasteiger partial charge in [-0.25, -0.2) is 9.78 Å². The van der Waals surface area contributed by atoms with Crippen LogP contribution in [0.15, 0.2) is 42.9 Å². The molecular formula is C21H23N7O2. The highest BCUT2D eigenvalue weighted by Gasteiger charge is 2.26. The molecule has 0 spiro atoms. The van der Waals surface area contributed by atoms with Gasteiger partial charge >= 0.3 is 6.03 Å². The standard InChI is InChI=1S/C21H23N7O2/c1-14-11-15(7-8-23-14)16-5-6-17-20(24-16)28(10-4-9-27(17)2)21(29)26-18-12-22-13-19(25-18)30-3/h5-8,11-13H,4,9-10H2,1-3H3,(H,25,26,29). The number of ether oxygens (including phenoxy) is 1. The molecule has 0 unspecified atom stereocenters. The molecule has 9 nitrogen and oxygen atoms in total. The molecule has 154 valence electrons. The number of nitrogens with one attached hydrogen (secondary N) is 1. The predicted molar refractivity (Wildman–Crippen MR) is 115 cm³/mol. The van der Waals surface area contributed by atoms with Crippen LogP contribution < -0.4 is 19.9 Å². The van der Waals surface area contributed by atoms with Gasteiger partial charge in [-0.2, -0.15) is 4.98 Å². The van der Waals surface area contributed by atoms with Gasteiger partial charge in [0, 0.05) is 37.6 Å². The van der Waals surface area contributed by atoms with Gasteiger partial charge in [-0.1, -0.05) is 0 Å². The molecule has 3 aromatic heterocycles. The summed E-state index contributed by atoms with van der Waals surface area (Å²) in [5.74, 6) is 1.26. The number of nitrogens with zero attached hydrogens (tertiary/aromatic N) is 6. The van der Waals surface area contributed by atoms with E-state index in [4.69, 9.17) is 9.72 Å². The van der Waals surface area contributed by atoms with E-state index in [-0.39, 0.29) is 6.03 Å². The first kappa shape index (κ1) is 19.6. The number of pyridine rings is 2. The van der Waals surface area contributed by atoms with Crippen molar-refractivity contribution >= 4 is 23.4 Å². The average molecular weight is 405 g/mol. The summed E-state index contributed by atoms with van der Waals surface area (Å²) in [6.07, 6.45) is 5.54. The molecule has 4 heterocycles. The number of anilines is 3. The van der Waals surface area contributed by atoms with Crippen molar-refractivity contribution in [2.24, 2.45) is 0 Å². The van der Waals surface area contributed by atoms with Gasteiger partial charge in [-0.05, 0) is 37.6 Å². The van der Waals surface area contributed by atoms with Gasteiger partial charge in [-0.15, -0.1) is 0 Å². The summed E-state index contributed by atoms with van der Waals surface area (Å²) < 4.78 is 5.08. The molecule has 0 aliphatic carbocycles. The predicted octanol–water partition coefficient (Wildman–Crippen LogP) is 3.13. The molecule has 0 aromatic carbocycles. The Morgan fingerprint density at radius 3 is 2.83 bits per heavy atom. The highest BCUT2D eigenvalue weighted by Crippen LogP contribution is 2.33. The second kappa shape index (κ2) is 8.32. The van der Waals surface area contributed by atoms with Crippen LogP contribution in [0.1, 0.15) is 12.1 Å². The Kier molecular flexibility index (Phi) is 5.42. The van der Waals surface area contributed by atoms with Crippen LogP contribution in [-0.2, 0) is 0 Å². The third-order valence-electron chi connectivity index (χ3n) is 4.89. The monoisotopic (exact) mass is 405 g/mol. The topological polar surface area (TPSA) is 96.4 Å². The molecule has 1 aliphatic rings. The second-order valence-electron chi connectivity index (χ2n) is 7.03. The van der Waals surface area contributed by atoms with E-state index < -0.39 is 0 Å². The van der Waals surface area contributed by atoms with Crippen LogP contribution in [0.25, 0.3) is 11.3 Å². The Morgan fingerprint density at radius 1 is 1.17 bits per heavy atom. The number of hydrogen-bond donors (Lipinski definition) is 1. The number of hydrogen-bond acceptors (Lipinski definition) is 7. The van der Waals surface area contributed by atoms with Gasteiger partial charge in [0.1, 0.15) is 0 Å². The van der Waals surface area contributed by atoms with Crippen molar-refractivity contribution in [1.29, 1.82) is 0 Å². The third-order valence-corrected chi connectivity index (χ3v) is 4.89. The lowest BCUT2D eigenvalue weighted by Gasteiger charge is -2.24. The maximum absolute atomic E-state index is 13.1. The molecule has 0 atom stereocenters. The van der Waals surface area contributed by atoms with Crippen molar-refractivity contribution in [3.05, 3.63) is 48.5 Å². The molecule has 0 saturated carbocycles. The van der Waals surface area contributed by atoms with E-state index in [1.54, 1.807) is 11.1 Å². The number of aryl methyl sites for hydroxylation is 1. The molecule has 30 heavy (non-hydrogen) atoms. The van der Waals surface area contributed by atoms with Crippen LogP contribution in [0.2, 0.25) is 0 Å². The highest BCUT2D eigenvalue weighted by molar-refractivity contribution is 6.02. The van der Waals surface area contributed by atoms with E-state index in [2.05, 4.69) is 25.2 Å². The van der Waals surface area contributed by atoms with Gasteiger partial charge in [0.2, 0.25) is 5.88 Å². The SMILES string of the molecule is COc1cncc(NC(=O)N2CCCN(C)c3ccc(-c4ccnc(C)c4)nc32)n1. The van der Waals surface area contributed by atoms with Gasteiger partial charge in [0.15, 0.2) is 11.6 Å². The molecule has 1 N–H and O–H groups in total. The van der Waals surface area contributed by atoms with Crippen LogP contribution in [0.4, 0.5) is 22.1 Å². The zero-order valence-corrected chi connectivity index (χ0v) is 17.2. The fraction of sp³-hybridized carbons (Fsp3) is 0.286. The molecule has 9 heteroatoms. The normalized spacial score (nSPS) is 13.4. The first-order valence-corrected chi connectivity index (χ1v) is 9.65. The number of carbonyl (C=O) groups is 1. The lowest BCUT2D eigenvalue weighted by molar-refractivity contribution is 0.256. The van der Waals surface area contributed by atoms with Gasteiger partial charge in [0.05, 0.1) is 30.9 Å². The van der Waals surface area contributed by atoms with Crippen molar-refractivity contribution in [2.75, 3.05) is 42.4 Å². The van der Waals surface area contributed by atoms with Crippen LogP contribution in [0, 0.1) is 6.92 Å². The maximum Gasteiger partial charge on any atom is 0.328 e. The molecule has 0 fully saturated rings. The van der Waals surface area contributed by atoms with Crippen molar-refractivity contribution < 1.29 is 9.53 Å². The minimum Gasteiger partial charge on any atom is -0.480 e. The molecule has 2 amide bonds. The summed E-state index contributed by atoms with van der Waals surface area (Å²) in [7, 11) is 3.51. The average Bonchev–Trinajstić information content (AvgIpc) is 2.92. The molecular weight excluding hydrogens is 382 g/mol. The number of amides is 2. The maximum atomic E-state index is 13.1. The Labute approximate surface area is 174 Å². The number of urea groups is 1. The van der Waals surface area contributed by atoms with E-state index in [0.717, 1.165) is 35.6 Å². The summed E-state index contributed by atoms with van der Waals surface area (Å²) >= 11 is 0. The second-order valence-corrected chi connectivity index (χ2v) is 7.03. The number of fused-ring (bicyclic) bond motifs is 1. The van der Waals surface area contributed by atoms with E-state index in [1.807, 2.05) is 38.2 Å². The highest BCUT2D eigenvalue weighted by atomic mass is 16.5. The summed E-state index contributed by atoms with van der Waals surface area (Å²) in [4.78, 5) is 34.2. The number of carbonyl (C=O) groups excluding carboxylic acids is 1. The Hall–Kier alpha value is -3.75. The van der Waals surface area contributed by atoms with Gasteiger partial charge in [-0.3, -0.25) is 20.2 Å². The quantitative estimate of drug-likeness (QED) is 0.715. The summed E-state index contributed by atoms with van der Waals surface area (Å²) in [6.45, 7) is 3.30. The lowest BCUT2D eigenvalue weighted by atomic mass is 10.1. The number of rotatable bonds is 3. The van der Waals surface area contributed by atoms with Crippen LogP contribution in [-0.4, -0.2) is 53.2 Å². The minimum absolute atomic E-state index is 0.315. The van der Waals surface area contributed by atoms with Crippen LogP contribution in [0.5, 0.6) is 5.88 Å². The summed E-state index contributed by atoms with van der Waals surface area (Å²) in [6, 6.07) is 7.55. The van der Waals surface area contributed by atoms with Gasteiger partial charge < -0.3 is 9.64 Å². The van der Waals surface area contributed by atoms with Gasteiger partial charge in [0.25, 0.3) is 0 Å². The first-order chi connectivity index (χ1) is 14.5. The van der Waals surface area contributed by atoms with E-state index >= 15 is 0 Å². The number of methoxy groups -OCH3 is 1. The third kappa shape index (κ3) is 4.00. The Balaban J connectivity index is 1.70. The summed E-state index contributed by atoms with van der Waals surface area (Å²) in [5, 5.41) is 2.80. The Morgan fingerprint density at radius 2 is 2.03 bits per heavy atom. The fourth-order valence-corrected chi connectivity index (χ4v) is 3.38. The van der Waals surface area contributed by atoms with Crippen molar-refractivity contribution in [3.8, 4) is 17.1 Å². The van der Waals surface area contributed by atoms with Crippen LogP contribution >= 0.6 is 0 Å². The first-order valence-electron chi connectivity index (χ1n) is 9.65. The zero-order chi connectivity index (χ0) is 21.1. The van der Waals surface area contributed by atoms with E-state index in [1.165, 1.54) is 19.5 Å². The van der Waals surface area contributed by atoms with E-state index in [0.29, 0.717) is 24.1 Å². The molecule has 0 bridgehead atoms. The summed E-state index contributed by atoms with van der Waals surface area (Å²) in [5.41, 5.74) is 3.55. The molecule has 0 saturated heterocycles. The molecule has 3 aromatic rings. The molecule has 0 radical (unpaired) electrons. The van der Waals surface area contributed by atoms with E-state index in [9.17, 15) is 4.79 Å².